The second kappa shape index (κ2) is 4.91. The number of benzene rings is 1. The number of rotatable bonds is 3. The Kier molecular flexibility index (Phi) is 2.91. The molecule has 2 aromatic rings. The van der Waals surface area contributed by atoms with Crippen molar-refractivity contribution in [3.8, 4) is 0 Å². The molecule has 2 aliphatic rings. The number of amides is 1. The number of carbonyl (C=O) groups is 1. The Hall–Kier alpha value is -2.30. The molecular formula is C16H18N4O. The standard InChI is InChI=1S/C16H18N4O/c21-16-2-1-6-20(16)14-4-3-12-5-7-19(15(12)8-14)10-13-9-17-11-18-13/h3-4,8-9,11H,1-2,5-7,10H2,(H,17,18). The fourth-order valence-electron chi connectivity index (χ4n) is 3.26. The van der Waals surface area contributed by atoms with E-state index < -0.39 is 0 Å². The molecular weight excluding hydrogens is 264 g/mol. The van der Waals surface area contributed by atoms with Crippen LogP contribution in [0.3, 0.4) is 0 Å². The lowest BCUT2D eigenvalue weighted by Crippen LogP contribution is -2.24. The summed E-state index contributed by atoms with van der Waals surface area (Å²) in [6, 6.07) is 6.42. The van der Waals surface area contributed by atoms with Crippen molar-refractivity contribution in [2.45, 2.75) is 25.8 Å². The molecule has 4 rings (SSSR count). The number of nitrogens with one attached hydrogen (secondary N) is 1. The number of carbonyl (C=O) groups excluding carboxylic acids is 1. The van der Waals surface area contributed by atoms with Crippen LogP contribution in [0.4, 0.5) is 11.4 Å². The SMILES string of the molecule is O=C1CCCN1c1ccc2c(c1)N(Cc1cnc[nH]1)CC2. The van der Waals surface area contributed by atoms with Crippen LogP contribution in [0.2, 0.25) is 0 Å². The van der Waals surface area contributed by atoms with Gasteiger partial charge in [0.05, 0.1) is 18.6 Å². The number of hydrogen-bond donors (Lipinski definition) is 1. The number of aromatic amines is 1. The van der Waals surface area contributed by atoms with Crippen LogP contribution in [-0.2, 0) is 17.8 Å². The topological polar surface area (TPSA) is 52.2 Å². The summed E-state index contributed by atoms with van der Waals surface area (Å²) in [6.07, 6.45) is 6.29. The summed E-state index contributed by atoms with van der Waals surface area (Å²) in [5.41, 5.74) is 4.77. The fourth-order valence-corrected chi connectivity index (χ4v) is 3.26. The maximum absolute atomic E-state index is 11.9. The lowest BCUT2D eigenvalue weighted by atomic mass is 10.1. The van der Waals surface area contributed by atoms with Gasteiger partial charge in [0.2, 0.25) is 5.91 Å². The molecule has 1 N–H and O–H groups in total. The van der Waals surface area contributed by atoms with E-state index in [9.17, 15) is 4.79 Å². The number of anilines is 2. The number of imidazole rings is 1. The third-order valence-corrected chi connectivity index (χ3v) is 4.36. The molecule has 1 aromatic heterocycles. The van der Waals surface area contributed by atoms with Crippen LogP contribution < -0.4 is 9.80 Å². The molecule has 0 bridgehead atoms. The van der Waals surface area contributed by atoms with Crippen molar-refractivity contribution in [3.63, 3.8) is 0 Å². The van der Waals surface area contributed by atoms with Gasteiger partial charge in [-0.05, 0) is 30.5 Å². The molecule has 1 saturated heterocycles. The van der Waals surface area contributed by atoms with Gasteiger partial charge in [0.15, 0.2) is 0 Å². The van der Waals surface area contributed by atoms with E-state index >= 15 is 0 Å². The molecule has 0 spiro atoms. The Morgan fingerprint density at radius 3 is 2.95 bits per heavy atom. The van der Waals surface area contributed by atoms with Gasteiger partial charge in [0.25, 0.3) is 0 Å². The van der Waals surface area contributed by atoms with Crippen LogP contribution >= 0.6 is 0 Å². The Bertz CT molecular complexity index is 665. The van der Waals surface area contributed by atoms with Gasteiger partial charge < -0.3 is 14.8 Å². The molecule has 2 aliphatic heterocycles. The second-order valence-electron chi connectivity index (χ2n) is 5.71. The van der Waals surface area contributed by atoms with Gasteiger partial charge in [-0.3, -0.25) is 4.79 Å². The van der Waals surface area contributed by atoms with Crippen LogP contribution in [0.15, 0.2) is 30.7 Å². The van der Waals surface area contributed by atoms with Gasteiger partial charge in [0.1, 0.15) is 0 Å². The number of aromatic nitrogens is 2. The van der Waals surface area contributed by atoms with E-state index in [1.807, 2.05) is 11.1 Å². The number of hydrogen-bond acceptors (Lipinski definition) is 3. The average molecular weight is 282 g/mol. The Morgan fingerprint density at radius 2 is 2.19 bits per heavy atom. The number of nitrogens with zero attached hydrogens (tertiary/aromatic N) is 3. The molecule has 1 fully saturated rings. The molecule has 0 unspecified atom stereocenters. The average Bonchev–Trinajstić information content (AvgIpc) is 3.21. The molecule has 1 aromatic carbocycles. The van der Waals surface area contributed by atoms with Gasteiger partial charge in [-0.2, -0.15) is 0 Å². The largest absolute Gasteiger partial charge is 0.365 e. The van der Waals surface area contributed by atoms with Crippen molar-refractivity contribution in [1.29, 1.82) is 0 Å². The molecule has 5 nitrogen and oxygen atoms in total. The van der Waals surface area contributed by atoms with E-state index in [0.29, 0.717) is 6.42 Å². The van der Waals surface area contributed by atoms with E-state index in [0.717, 1.165) is 43.9 Å². The number of H-pyrrole nitrogens is 1. The van der Waals surface area contributed by atoms with E-state index in [1.165, 1.54) is 11.3 Å². The maximum Gasteiger partial charge on any atom is 0.227 e. The summed E-state index contributed by atoms with van der Waals surface area (Å²) in [7, 11) is 0. The van der Waals surface area contributed by atoms with Crippen molar-refractivity contribution in [2.24, 2.45) is 0 Å². The molecule has 3 heterocycles. The highest BCUT2D eigenvalue weighted by Crippen LogP contribution is 2.34. The first-order valence-electron chi connectivity index (χ1n) is 7.47. The lowest BCUT2D eigenvalue weighted by molar-refractivity contribution is -0.117. The van der Waals surface area contributed by atoms with E-state index in [-0.39, 0.29) is 5.91 Å². The minimum Gasteiger partial charge on any atom is -0.365 e. The zero-order valence-electron chi connectivity index (χ0n) is 11.9. The van der Waals surface area contributed by atoms with Gasteiger partial charge in [-0.1, -0.05) is 6.07 Å². The van der Waals surface area contributed by atoms with E-state index in [1.54, 1.807) is 6.33 Å². The second-order valence-corrected chi connectivity index (χ2v) is 5.71. The highest BCUT2D eigenvalue weighted by Gasteiger charge is 2.25. The molecule has 0 saturated carbocycles. The van der Waals surface area contributed by atoms with Crippen molar-refractivity contribution in [1.82, 2.24) is 9.97 Å². The van der Waals surface area contributed by atoms with Crippen LogP contribution in [0.5, 0.6) is 0 Å². The highest BCUT2D eigenvalue weighted by atomic mass is 16.2. The van der Waals surface area contributed by atoms with Gasteiger partial charge in [-0.15, -0.1) is 0 Å². The smallest absolute Gasteiger partial charge is 0.227 e. The maximum atomic E-state index is 11.9. The van der Waals surface area contributed by atoms with Gasteiger partial charge in [-0.25, -0.2) is 4.98 Å². The van der Waals surface area contributed by atoms with Crippen molar-refractivity contribution < 1.29 is 4.79 Å². The summed E-state index contributed by atoms with van der Waals surface area (Å²) in [5.74, 6) is 0.244. The molecule has 5 heteroatoms. The van der Waals surface area contributed by atoms with Crippen molar-refractivity contribution in [2.75, 3.05) is 22.9 Å². The Labute approximate surface area is 123 Å². The summed E-state index contributed by atoms with van der Waals surface area (Å²) >= 11 is 0. The first-order chi connectivity index (χ1) is 10.3. The van der Waals surface area contributed by atoms with Crippen molar-refractivity contribution in [3.05, 3.63) is 42.0 Å². The van der Waals surface area contributed by atoms with Crippen LogP contribution in [-0.4, -0.2) is 29.0 Å². The summed E-state index contributed by atoms with van der Waals surface area (Å²) in [6.45, 7) is 2.70. The molecule has 0 atom stereocenters. The van der Waals surface area contributed by atoms with E-state index in [4.69, 9.17) is 0 Å². The quantitative estimate of drug-likeness (QED) is 0.938. The monoisotopic (exact) mass is 282 g/mol. The molecule has 108 valence electrons. The Balaban J connectivity index is 1.62. The van der Waals surface area contributed by atoms with Crippen molar-refractivity contribution >= 4 is 17.3 Å². The van der Waals surface area contributed by atoms with Gasteiger partial charge >= 0.3 is 0 Å². The minimum atomic E-state index is 0.244. The molecule has 0 aliphatic carbocycles. The zero-order valence-corrected chi connectivity index (χ0v) is 11.9. The molecule has 0 radical (unpaired) electrons. The van der Waals surface area contributed by atoms with Crippen LogP contribution in [0, 0.1) is 0 Å². The lowest BCUT2D eigenvalue weighted by Gasteiger charge is -2.21. The van der Waals surface area contributed by atoms with Gasteiger partial charge in [0, 0.05) is 37.1 Å². The third-order valence-electron chi connectivity index (χ3n) is 4.36. The predicted octanol–water partition coefficient (Wildman–Crippen LogP) is 2.10. The summed E-state index contributed by atoms with van der Waals surface area (Å²) in [4.78, 5) is 23.4. The summed E-state index contributed by atoms with van der Waals surface area (Å²) < 4.78 is 0. The van der Waals surface area contributed by atoms with Crippen LogP contribution in [0.25, 0.3) is 0 Å². The highest BCUT2D eigenvalue weighted by molar-refractivity contribution is 5.96. The third kappa shape index (κ3) is 2.18. The van der Waals surface area contributed by atoms with Crippen LogP contribution in [0.1, 0.15) is 24.1 Å². The predicted molar refractivity (Wildman–Crippen MR) is 81.4 cm³/mol. The fraction of sp³-hybridized carbons (Fsp3) is 0.375. The minimum absolute atomic E-state index is 0.244. The summed E-state index contributed by atoms with van der Waals surface area (Å²) in [5, 5.41) is 0. The van der Waals surface area contributed by atoms with E-state index in [2.05, 4.69) is 33.1 Å². The first kappa shape index (κ1) is 12.4. The first-order valence-corrected chi connectivity index (χ1v) is 7.47. The molecule has 1 amide bonds. The normalized spacial score (nSPS) is 17.6. The molecule has 21 heavy (non-hydrogen) atoms. The zero-order chi connectivity index (χ0) is 14.2. The number of fused-ring (bicyclic) bond motifs is 1. The Morgan fingerprint density at radius 1 is 1.24 bits per heavy atom.